The number of hydrogen-bond donors (Lipinski definition) is 2. The van der Waals surface area contributed by atoms with Gasteiger partial charge in [-0.05, 0) is 49.8 Å². The summed E-state index contributed by atoms with van der Waals surface area (Å²) in [6, 6.07) is 8.69. The first-order chi connectivity index (χ1) is 11.3. The first-order valence-electron chi connectivity index (χ1n) is 8.54. The van der Waals surface area contributed by atoms with E-state index in [9.17, 15) is 0 Å². The summed E-state index contributed by atoms with van der Waals surface area (Å²) >= 11 is 0. The highest BCUT2D eigenvalue weighted by atomic mass is 16.5. The fourth-order valence-corrected chi connectivity index (χ4v) is 3.45. The van der Waals surface area contributed by atoms with Crippen LogP contribution in [0.5, 0.6) is 5.75 Å². The first kappa shape index (κ1) is 16.1. The van der Waals surface area contributed by atoms with E-state index in [1.54, 1.807) is 7.11 Å². The third-order valence-corrected chi connectivity index (χ3v) is 4.75. The molecule has 2 N–H and O–H groups in total. The lowest BCUT2D eigenvalue weighted by molar-refractivity contribution is 0.0992. The zero-order valence-electron chi connectivity index (χ0n) is 14.0. The predicted molar refractivity (Wildman–Crippen MR) is 92.1 cm³/mol. The maximum atomic E-state index is 5.88. The molecule has 3 atom stereocenters. The van der Waals surface area contributed by atoms with Crippen LogP contribution in [0.2, 0.25) is 0 Å². The summed E-state index contributed by atoms with van der Waals surface area (Å²) in [5.74, 6) is 1.80. The zero-order chi connectivity index (χ0) is 16.1. The first-order valence-corrected chi connectivity index (χ1v) is 8.54. The number of nitrogens with zero attached hydrogens (tertiary/aromatic N) is 1. The number of ether oxygens (including phenoxy) is 2. The van der Waals surface area contributed by atoms with Gasteiger partial charge in [-0.2, -0.15) is 0 Å². The fraction of sp³-hybridized carbons (Fsp3) is 0.611. The molecule has 5 heteroatoms. The van der Waals surface area contributed by atoms with Crippen LogP contribution in [0.3, 0.4) is 0 Å². The molecular weight excluding hydrogens is 290 g/mol. The molecule has 2 saturated heterocycles. The van der Waals surface area contributed by atoms with Crippen LogP contribution in [0.25, 0.3) is 0 Å². The molecule has 0 amide bonds. The van der Waals surface area contributed by atoms with E-state index in [0.717, 1.165) is 37.5 Å². The number of methoxy groups -OCH3 is 1. The van der Waals surface area contributed by atoms with E-state index in [0.29, 0.717) is 18.2 Å². The molecule has 2 heterocycles. The van der Waals surface area contributed by atoms with Gasteiger partial charge in [0.05, 0.1) is 25.4 Å². The lowest BCUT2D eigenvalue weighted by Crippen LogP contribution is -2.47. The van der Waals surface area contributed by atoms with Crippen molar-refractivity contribution in [1.29, 1.82) is 0 Å². The van der Waals surface area contributed by atoms with Gasteiger partial charge in [0.2, 0.25) is 0 Å². The molecule has 23 heavy (non-hydrogen) atoms. The molecule has 0 saturated carbocycles. The topological polar surface area (TPSA) is 54.9 Å². The van der Waals surface area contributed by atoms with Crippen molar-refractivity contribution in [3.8, 4) is 5.75 Å². The van der Waals surface area contributed by atoms with Gasteiger partial charge in [-0.1, -0.05) is 12.1 Å². The van der Waals surface area contributed by atoms with Gasteiger partial charge >= 0.3 is 0 Å². The highest BCUT2D eigenvalue weighted by Crippen LogP contribution is 2.34. The van der Waals surface area contributed by atoms with E-state index < -0.39 is 0 Å². The van der Waals surface area contributed by atoms with E-state index in [2.05, 4.69) is 27.8 Å². The minimum absolute atomic E-state index is 0.373. The predicted octanol–water partition coefficient (Wildman–Crippen LogP) is 2.11. The van der Waals surface area contributed by atoms with Gasteiger partial charge in [0.25, 0.3) is 0 Å². The van der Waals surface area contributed by atoms with Crippen LogP contribution < -0.4 is 15.4 Å². The summed E-state index contributed by atoms with van der Waals surface area (Å²) in [5.41, 5.74) is 1.33. The third kappa shape index (κ3) is 4.16. The summed E-state index contributed by atoms with van der Waals surface area (Å²) in [6.45, 7) is 0.910. The lowest BCUT2D eigenvalue weighted by Gasteiger charge is -2.22. The second kappa shape index (κ2) is 7.68. The van der Waals surface area contributed by atoms with E-state index in [1.165, 1.54) is 18.4 Å². The molecule has 1 aromatic rings. The van der Waals surface area contributed by atoms with E-state index in [1.807, 2.05) is 19.2 Å². The van der Waals surface area contributed by atoms with Gasteiger partial charge in [0.15, 0.2) is 5.96 Å². The summed E-state index contributed by atoms with van der Waals surface area (Å²) in [6.07, 6.45) is 6.46. The molecule has 1 aromatic carbocycles. The number of rotatable bonds is 6. The molecule has 126 valence electrons. The van der Waals surface area contributed by atoms with Crippen LogP contribution in [0, 0.1) is 0 Å². The highest BCUT2D eigenvalue weighted by molar-refractivity contribution is 5.80. The van der Waals surface area contributed by atoms with Crippen molar-refractivity contribution in [2.45, 2.75) is 50.4 Å². The van der Waals surface area contributed by atoms with Crippen LogP contribution in [-0.4, -0.2) is 44.9 Å². The van der Waals surface area contributed by atoms with Gasteiger partial charge in [0.1, 0.15) is 5.75 Å². The van der Waals surface area contributed by atoms with Gasteiger partial charge < -0.3 is 20.1 Å². The van der Waals surface area contributed by atoms with Crippen molar-refractivity contribution >= 4 is 5.96 Å². The maximum absolute atomic E-state index is 5.88. The Morgan fingerprint density at radius 1 is 1.30 bits per heavy atom. The minimum atomic E-state index is 0.373. The quantitative estimate of drug-likeness (QED) is 0.479. The van der Waals surface area contributed by atoms with Gasteiger partial charge in [0, 0.05) is 13.6 Å². The van der Waals surface area contributed by atoms with Crippen LogP contribution in [0.1, 0.15) is 31.2 Å². The van der Waals surface area contributed by atoms with E-state index in [4.69, 9.17) is 9.47 Å². The van der Waals surface area contributed by atoms with Crippen LogP contribution >= 0.6 is 0 Å². The standard InChI is InChI=1S/C18H27N3O2/c1-19-18(21-16-12-15-9-10-17(16)23-15)20-11-3-4-13-5-7-14(22-2)8-6-13/h5-8,15-17H,3-4,9-12H2,1-2H3,(H2,19,20,21). The number of guanidine groups is 1. The molecular formula is C18H27N3O2. The van der Waals surface area contributed by atoms with E-state index in [-0.39, 0.29) is 0 Å². The third-order valence-electron chi connectivity index (χ3n) is 4.75. The molecule has 3 rings (SSSR count). The number of nitrogens with one attached hydrogen (secondary N) is 2. The SMILES string of the molecule is CN=C(NCCCc1ccc(OC)cc1)NC1CC2CCC1O2. The number of benzene rings is 1. The summed E-state index contributed by atoms with van der Waals surface area (Å²) in [5, 5.41) is 6.92. The van der Waals surface area contributed by atoms with Crippen molar-refractivity contribution in [1.82, 2.24) is 10.6 Å². The molecule has 2 aliphatic rings. The molecule has 3 unspecified atom stereocenters. The summed E-state index contributed by atoms with van der Waals surface area (Å²) < 4.78 is 11.1. The second-order valence-corrected chi connectivity index (χ2v) is 6.31. The van der Waals surface area contributed by atoms with Gasteiger partial charge in [-0.15, -0.1) is 0 Å². The lowest BCUT2D eigenvalue weighted by atomic mass is 9.96. The van der Waals surface area contributed by atoms with Crippen LogP contribution in [0.4, 0.5) is 0 Å². The Labute approximate surface area is 138 Å². The molecule has 0 aliphatic carbocycles. The second-order valence-electron chi connectivity index (χ2n) is 6.31. The number of aliphatic imine (C=N–C) groups is 1. The zero-order valence-corrected chi connectivity index (χ0v) is 14.0. The van der Waals surface area contributed by atoms with Crippen LogP contribution in [0.15, 0.2) is 29.3 Å². The van der Waals surface area contributed by atoms with E-state index >= 15 is 0 Å². The van der Waals surface area contributed by atoms with Crippen molar-refractivity contribution in [3.05, 3.63) is 29.8 Å². The fourth-order valence-electron chi connectivity index (χ4n) is 3.45. The Bertz CT molecular complexity index is 530. The van der Waals surface area contributed by atoms with Crippen molar-refractivity contribution in [2.75, 3.05) is 20.7 Å². The molecule has 2 fully saturated rings. The number of hydrogen-bond acceptors (Lipinski definition) is 3. The minimum Gasteiger partial charge on any atom is -0.497 e. The van der Waals surface area contributed by atoms with Gasteiger partial charge in [-0.3, -0.25) is 4.99 Å². The monoisotopic (exact) mass is 317 g/mol. The smallest absolute Gasteiger partial charge is 0.191 e. The largest absolute Gasteiger partial charge is 0.497 e. The Morgan fingerprint density at radius 3 is 2.74 bits per heavy atom. The van der Waals surface area contributed by atoms with Crippen molar-refractivity contribution < 1.29 is 9.47 Å². The Kier molecular flexibility index (Phi) is 5.39. The maximum Gasteiger partial charge on any atom is 0.191 e. The normalized spacial score (nSPS) is 26.3. The molecule has 0 spiro atoms. The Morgan fingerprint density at radius 2 is 2.13 bits per heavy atom. The number of aryl methyl sites for hydroxylation is 1. The summed E-state index contributed by atoms with van der Waals surface area (Å²) in [4.78, 5) is 4.32. The van der Waals surface area contributed by atoms with Crippen molar-refractivity contribution in [2.24, 2.45) is 4.99 Å². The molecule has 2 aliphatic heterocycles. The molecule has 5 nitrogen and oxygen atoms in total. The molecule has 2 bridgehead atoms. The highest BCUT2D eigenvalue weighted by Gasteiger charge is 2.41. The average Bonchev–Trinajstić information content (AvgIpc) is 3.21. The summed E-state index contributed by atoms with van der Waals surface area (Å²) in [7, 11) is 3.52. The Balaban J connectivity index is 1.37. The Hall–Kier alpha value is -1.75. The number of fused-ring (bicyclic) bond motifs is 2. The van der Waals surface area contributed by atoms with Crippen molar-refractivity contribution in [3.63, 3.8) is 0 Å². The van der Waals surface area contributed by atoms with Crippen LogP contribution in [-0.2, 0) is 11.2 Å². The average molecular weight is 317 g/mol. The molecule has 0 aromatic heterocycles. The molecule has 0 radical (unpaired) electrons. The van der Waals surface area contributed by atoms with Gasteiger partial charge in [-0.25, -0.2) is 0 Å².